The fraction of sp³-hybridized carbons (Fsp3) is 0.590. The SMILES string of the molecule is CC[C@H](/C=C(C)/C=C/C(=O)c1c(O)c(-c2ccc(OCOCCOC)cc2)c[nH]c1=O)CO[Si](CCC(F)(F)C(F)(F)C(F)(F)C(F)(F)C(F)(F)C(F)(F)F)(C(C)C)C(C)C. The van der Waals surface area contributed by atoms with Crippen LogP contribution in [-0.2, 0) is 13.9 Å². The van der Waals surface area contributed by atoms with Crippen LogP contribution in [-0.4, -0.2) is 93.7 Å². The van der Waals surface area contributed by atoms with Crippen molar-refractivity contribution >= 4 is 14.1 Å². The smallest absolute Gasteiger partial charge is 0.460 e. The van der Waals surface area contributed by atoms with E-state index < -0.39 is 96.2 Å². The molecule has 346 valence electrons. The highest BCUT2D eigenvalue weighted by Crippen LogP contribution is 2.61. The minimum absolute atomic E-state index is 0.0588. The third-order valence-corrected chi connectivity index (χ3v) is 15.7. The average molecular weight is 918 g/mol. The molecule has 0 saturated heterocycles. The number of carbonyl (C=O) groups is 1. The summed E-state index contributed by atoms with van der Waals surface area (Å²) in [5.41, 5.74) is -2.09. The number of carbonyl (C=O) groups excluding carboxylic acids is 1. The topological polar surface area (TPSA) is 107 Å². The Bertz CT molecular complexity index is 1870. The lowest BCUT2D eigenvalue weighted by molar-refractivity contribution is -0.440. The molecule has 2 aromatic rings. The van der Waals surface area contributed by atoms with Crippen LogP contribution in [0.5, 0.6) is 11.5 Å². The molecule has 2 N–H and O–H groups in total. The minimum Gasteiger partial charge on any atom is -0.506 e. The number of methoxy groups -OCH3 is 1. The zero-order chi connectivity index (χ0) is 47.0. The largest absolute Gasteiger partial charge is 0.506 e. The van der Waals surface area contributed by atoms with Gasteiger partial charge in [-0.25, -0.2) is 0 Å². The van der Waals surface area contributed by atoms with Crippen molar-refractivity contribution in [1.29, 1.82) is 0 Å². The number of alkyl halides is 13. The Morgan fingerprint density at radius 2 is 1.39 bits per heavy atom. The van der Waals surface area contributed by atoms with Crippen LogP contribution in [0.15, 0.2) is 59.1 Å². The highest BCUT2D eigenvalue weighted by atomic mass is 28.4. The van der Waals surface area contributed by atoms with Crippen LogP contribution in [0.4, 0.5) is 57.1 Å². The molecule has 61 heavy (non-hydrogen) atoms. The number of aromatic nitrogens is 1. The third-order valence-electron chi connectivity index (χ3n) is 10.1. The van der Waals surface area contributed by atoms with Crippen LogP contribution in [0, 0.1) is 5.92 Å². The monoisotopic (exact) mass is 917 g/mol. The number of aromatic hydroxyl groups is 1. The van der Waals surface area contributed by atoms with E-state index in [1.165, 1.54) is 54.0 Å². The molecule has 0 aliphatic heterocycles. The van der Waals surface area contributed by atoms with Crippen molar-refractivity contribution in [2.75, 3.05) is 33.7 Å². The Morgan fingerprint density at radius 3 is 1.90 bits per heavy atom. The first kappa shape index (κ1) is 53.2. The van der Waals surface area contributed by atoms with E-state index in [2.05, 4.69) is 4.98 Å². The van der Waals surface area contributed by atoms with Crippen molar-refractivity contribution in [1.82, 2.24) is 4.98 Å². The first-order chi connectivity index (χ1) is 27.9. The second kappa shape index (κ2) is 20.5. The Hall–Kier alpha value is -3.89. The molecule has 0 amide bonds. The zero-order valence-electron chi connectivity index (χ0n) is 34.1. The first-order valence-electron chi connectivity index (χ1n) is 18.6. The van der Waals surface area contributed by atoms with Gasteiger partial charge in [0.15, 0.2) is 20.9 Å². The Balaban J connectivity index is 2.29. The van der Waals surface area contributed by atoms with E-state index in [4.69, 9.17) is 18.6 Å². The Labute approximate surface area is 344 Å². The highest BCUT2D eigenvalue weighted by molar-refractivity contribution is 6.76. The normalized spacial score (nSPS) is 14.7. The summed E-state index contributed by atoms with van der Waals surface area (Å²) in [5.74, 6) is -39.0. The van der Waals surface area contributed by atoms with Gasteiger partial charge in [-0.15, -0.1) is 0 Å². The number of halogens is 13. The van der Waals surface area contributed by atoms with Gasteiger partial charge in [0.2, 0.25) is 0 Å². The summed E-state index contributed by atoms with van der Waals surface area (Å²) in [7, 11) is -2.32. The van der Waals surface area contributed by atoms with Crippen molar-refractivity contribution in [3.05, 3.63) is 70.2 Å². The van der Waals surface area contributed by atoms with Gasteiger partial charge in [0.1, 0.15) is 17.1 Å². The van der Waals surface area contributed by atoms with E-state index >= 15 is 0 Å². The molecule has 1 aromatic carbocycles. The first-order valence-corrected chi connectivity index (χ1v) is 20.9. The molecular weight excluding hydrogens is 869 g/mol. The quantitative estimate of drug-likeness (QED) is 0.0205. The fourth-order valence-corrected chi connectivity index (χ4v) is 10.8. The van der Waals surface area contributed by atoms with Crippen LogP contribution in [0.1, 0.15) is 64.7 Å². The standard InChI is InChI=1S/C39H48F13NO7Si/c1-8-26(19-25(6)9-14-30(54)31-32(55)29(20-53-33(31)56)27-10-12-28(13-11-27)59-22-58-17-16-57-7)21-60-61(23(2)3,24(4)5)18-15-34(40,41)35(42,43)36(44,45)37(46,47)38(48,49)39(50,51)52/h9-14,19-20,23-24,26H,8,15-18,21-22H2,1-7H3,(H2,53,55,56)/b14-9+,25-19+/t26-/m1/s1. The van der Waals surface area contributed by atoms with E-state index in [-0.39, 0.29) is 25.4 Å². The van der Waals surface area contributed by atoms with Crippen molar-refractivity contribution in [2.45, 2.75) is 107 Å². The number of ketones is 1. The number of allylic oxidation sites excluding steroid dienone is 3. The maximum absolute atomic E-state index is 14.9. The van der Waals surface area contributed by atoms with Crippen molar-refractivity contribution in [3.8, 4) is 22.6 Å². The molecule has 1 atom stereocenters. The van der Waals surface area contributed by atoms with Crippen LogP contribution in [0.3, 0.4) is 0 Å². The van der Waals surface area contributed by atoms with E-state index in [0.717, 1.165) is 6.08 Å². The van der Waals surface area contributed by atoms with Crippen LogP contribution >= 0.6 is 0 Å². The average Bonchev–Trinajstić information content (AvgIpc) is 3.15. The number of pyridine rings is 1. The molecule has 0 unspecified atom stereocenters. The molecule has 1 heterocycles. The maximum Gasteiger partial charge on any atom is 0.460 e. The fourth-order valence-electron chi connectivity index (χ4n) is 6.24. The van der Waals surface area contributed by atoms with Crippen molar-refractivity contribution < 1.29 is 85.6 Å². The van der Waals surface area contributed by atoms with E-state index in [1.54, 1.807) is 37.3 Å². The molecule has 0 bridgehead atoms. The molecule has 1 aromatic heterocycles. The summed E-state index contributed by atoms with van der Waals surface area (Å²) >= 11 is 0. The summed E-state index contributed by atoms with van der Waals surface area (Å²) < 4.78 is 201. The van der Waals surface area contributed by atoms with E-state index in [1.807, 2.05) is 0 Å². The van der Waals surface area contributed by atoms with Crippen LogP contribution in [0.2, 0.25) is 17.1 Å². The lowest BCUT2D eigenvalue weighted by Crippen LogP contribution is -2.70. The second-order valence-corrected chi connectivity index (χ2v) is 19.8. The van der Waals surface area contributed by atoms with Gasteiger partial charge in [-0.2, -0.15) is 57.1 Å². The van der Waals surface area contributed by atoms with E-state index in [0.29, 0.717) is 30.1 Å². The Kier molecular flexibility index (Phi) is 17.9. The third kappa shape index (κ3) is 11.6. The lowest BCUT2D eigenvalue weighted by atomic mass is 9.93. The highest BCUT2D eigenvalue weighted by Gasteiger charge is 2.90. The number of nitrogens with one attached hydrogen (secondary N) is 1. The van der Waals surface area contributed by atoms with Crippen LogP contribution in [0.25, 0.3) is 11.1 Å². The molecule has 0 spiro atoms. The molecule has 0 saturated carbocycles. The molecule has 22 heteroatoms. The van der Waals surface area contributed by atoms with Gasteiger partial charge in [0.05, 0.1) is 13.2 Å². The number of H-pyrrole nitrogens is 1. The van der Waals surface area contributed by atoms with Gasteiger partial charge in [0.25, 0.3) is 5.56 Å². The minimum atomic E-state index is -7.98. The summed E-state index contributed by atoms with van der Waals surface area (Å²) in [6, 6.07) is 5.12. The maximum atomic E-state index is 14.9. The summed E-state index contributed by atoms with van der Waals surface area (Å²) in [4.78, 5) is 28.2. The van der Waals surface area contributed by atoms with Crippen molar-refractivity contribution in [3.63, 3.8) is 0 Å². The lowest BCUT2D eigenvalue weighted by Gasteiger charge is -2.42. The molecule has 0 aliphatic rings. The number of rotatable bonds is 24. The summed E-state index contributed by atoms with van der Waals surface area (Å²) in [5, 5.41) is 11.0. The van der Waals surface area contributed by atoms with Crippen molar-refractivity contribution in [2.24, 2.45) is 5.92 Å². The zero-order valence-corrected chi connectivity index (χ0v) is 35.1. The number of ether oxygens (including phenoxy) is 3. The Morgan fingerprint density at radius 1 is 0.836 bits per heavy atom. The molecule has 0 aliphatic carbocycles. The predicted octanol–water partition coefficient (Wildman–Crippen LogP) is 11.4. The number of hydrogen-bond donors (Lipinski definition) is 2. The number of aromatic amines is 1. The van der Waals surface area contributed by atoms with E-state index in [9.17, 15) is 71.8 Å². The van der Waals surface area contributed by atoms with Crippen LogP contribution < -0.4 is 10.3 Å². The van der Waals surface area contributed by atoms with Gasteiger partial charge in [-0.05, 0) is 60.2 Å². The second-order valence-electron chi connectivity index (χ2n) is 14.8. The number of benzene rings is 1. The molecule has 0 fully saturated rings. The predicted molar refractivity (Wildman–Crippen MR) is 201 cm³/mol. The summed E-state index contributed by atoms with van der Waals surface area (Å²) in [6.45, 7) is 9.23. The van der Waals surface area contributed by atoms with Gasteiger partial charge >= 0.3 is 35.8 Å². The molecule has 0 radical (unpaired) electrons. The molecule has 2 rings (SSSR count). The molecular formula is C39H48F13NO7Si. The van der Waals surface area contributed by atoms with Gasteiger partial charge in [-0.1, -0.05) is 64.5 Å². The van der Waals surface area contributed by atoms with Gasteiger partial charge < -0.3 is 28.7 Å². The van der Waals surface area contributed by atoms with Gasteiger partial charge in [0, 0.05) is 31.9 Å². The molecule has 8 nitrogen and oxygen atoms in total. The number of hydrogen-bond acceptors (Lipinski definition) is 7. The van der Waals surface area contributed by atoms with Gasteiger partial charge in [-0.3, -0.25) is 9.59 Å². The summed E-state index contributed by atoms with van der Waals surface area (Å²) in [6.07, 6.45) is -4.52.